The Morgan fingerprint density at radius 2 is 1.88 bits per heavy atom. The maximum atomic E-state index is 12.1. The summed E-state index contributed by atoms with van der Waals surface area (Å²) in [5.74, 6) is -0.310. The van der Waals surface area contributed by atoms with Gasteiger partial charge in [0, 0.05) is 24.4 Å². The summed E-state index contributed by atoms with van der Waals surface area (Å²) in [6.45, 7) is 7.67. The van der Waals surface area contributed by atoms with Gasteiger partial charge in [0.1, 0.15) is 6.04 Å². The van der Waals surface area contributed by atoms with Gasteiger partial charge in [0.05, 0.1) is 5.69 Å². The summed E-state index contributed by atoms with van der Waals surface area (Å²) >= 11 is 0. The van der Waals surface area contributed by atoms with E-state index >= 15 is 0 Å². The molecule has 2 aromatic rings. The minimum absolute atomic E-state index is 0.135. The fraction of sp³-hybridized carbons (Fsp3) is 0.421. The van der Waals surface area contributed by atoms with Crippen molar-refractivity contribution in [1.82, 2.24) is 20.4 Å². The third-order valence-corrected chi connectivity index (χ3v) is 3.84. The van der Waals surface area contributed by atoms with Gasteiger partial charge in [-0.25, -0.2) is 4.68 Å². The van der Waals surface area contributed by atoms with Crippen LogP contribution in [-0.4, -0.2) is 34.2 Å². The maximum absolute atomic E-state index is 12.1. The molecule has 0 spiro atoms. The quantitative estimate of drug-likeness (QED) is 0.844. The number of carbonyl (C=O) groups excluding carboxylic acids is 2. The molecular weight excluding hydrogens is 316 g/mol. The molecule has 1 aromatic heterocycles. The van der Waals surface area contributed by atoms with E-state index in [-0.39, 0.29) is 11.8 Å². The maximum Gasteiger partial charge on any atom is 0.242 e. The molecule has 2 rings (SSSR count). The van der Waals surface area contributed by atoms with Crippen LogP contribution in [0, 0.1) is 5.41 Å². The van der Waals surface area contributed by atoms with Crippen LogP contribution in [0.25, 0.3) is 5.69 Å². The van der Waals surface area contributed by atoms with E-state index in [0.717, 1.165) is 17.7 Å². The molecule has 6 heteroatoms. The lowest BCUT2D eigenvalue weighted by molar-refractivity contribution is -0.133. The average molecular weight is 342 g/mol. The first-order valence-electron chi connectivity index (χ1n) is 8.45. The van der Waals surface area contributed by atoms with Gasteiger partial charge in [-0.05, 0) is 37.1 Å². The molecular formula is C19H26N4O2. The molecule has 1 heterocycles. The van der Waals surface area contributed by atoms with Crippen LogP contribution in [-0.2, 0) is 16.0 Å². The first-order valence-corrected chi connectivity index (χ1v) is 8.45. The van der Waals surface area contributed by atoms with Crippen LogP contribution in [0.2, 0.25) is 0 Å². The predicted molar refractivity (Wildman–Crippen MR) is 97.3 cm³/mol. The lowest BCUT2D eigenvalue weighted by Crippen LogP contribution is -2.48. The summed E-state index contributed by atoms with van der Waals surface area (Å²) < 4.78 is 1.80. The van der Waals surface area contributed by atoms with Crippen molar-refractivity contribution in [3.05, 3.63) is 48.3 Å². The van der Waals surface area contributed by atoms with E-state index in [1.165, 1.54) is 0 Å². The van der Waals surface area contributed by atoms with Crippen molar-refractivity contribution in [3.63, 3.8) is 0 Å². The normalized spacial score (nSPS) is 12.5. The predicted octanol–water partition coefficient (Wildman–Crippen LogP) is 2.08. The van der Waals surface area contributed by atoms with Crippen molar-refractivity contribution < 1.29 is 9.59 Å². The van der Waals surface area contributed by atoms with Gasteiger partial charge < -0.3 is 10.6 Å². The highest BCUT2D eigenvalue weighted by Gasteiger charge is 2.24. The van der Waals surface area contributed by atoms with Gasteiger partial charge in [0.25, 0.3) is 0 Å². The van der Waals surface area contributed by atoms with Gasteiger partial charge in [0.2, 0.25) is 11.8 Å². The Labute approximate surface area is 148 Å². The minimum atomic E-state index is -0.547. The van der Waals surface area contributed by atoms with E-state index < -0.39 is 11.5 Å². The van der Waals surface area contributed by atoms with Gasteiger partial charge in [-0.3, -0.25) is 9.59 Å². The second-order valence-electron chi connectivity index (χ2n) is 7.10. The molecule has 0 aliphatic heterocycles. The Hall–Kier alpha value is -2.63. The van der Waals surface area contributed by atoms with Crippen molar-refractivity contribution in [3.8, 4) is 5.69 Å². The summed E-state index contributed by atoms with van der Waals surface area (Å²) in [5, 5.41) is 9.78. The number of rotatable bonds is 6. The zero-order chi connectivity index (χ0) is 18.4. The molecule has 0 bridgehead atoms. The highest BCUT2D eigenvalue weighted by atomic mass is 16.2. The molecule has 1 unspecified atom stereocenters. The fourth-order valence-electron chi connectivity index (χ4n) is 2.20. The number of nitrogens with zero attached hydrogens (tertiary/aromatic N) is 2. The standard InChI is InChI=1S/C19H26N4O2/c1-14(22-18(25)19(2,3)4)17(24)20-12-10-15-6-8-16(9-7-15)23-13-5-11-21-23/h5-9,11,13-14H,10,12H2,1-4H3,(H,20,24)(H,22,25). The van der Waals surface area contributed by atoms with Gasteiger partial charge in [0.15, 0.2) is 0 Å². The molecule has 0 saturated carbocycles. The molecule has 2 N–H and O–H groups in total. The topological polar surface area (TPSA) is 76.0 Å². The highest BCUT2D eigenvalue weighted by molar-refractivity contribution is 5.89. The fourth-order valence-corrected chi connectivity index (χ4v) is 2.20. The second-order valence-corrected chi connectivity index (χ2v) is 7.10. The van der Waals surface area contributed by atoms with E-state index in [0.29, 0.717) is 6.54 Å². The van der Waals surface area contributed by atoms with Gasteiger partial charge in [-0.2, -0.15) is 5.10 Å². The Morgan fingerprint density at radius 3 is 2.44 bits per heavy atom. The molecule has 0 aliphatic rings. The number of nitrogens with one attached hydrogen (secondary N) is 2. The number of carbonyl (C=O) groups is 2. The van der Waals surface area contributed by atoms with Gasteiger partial charge in [-0.1, -0.05) is 32.9 Å². The van der Waals surface area contributed by atoms with Gasteiger partial charge >= 0.3 is 0 Å². The van der Waals surface area contributed by atoms with E-state index in [2.05, 4.69) is 15.7 Å². The summed E-state index contributed by atoms with van der Waals surface area (Å²) in [6, 6.07) is 9.37. The molecule has 25 heavy (non-hydrogen) atoms. The molecule has 1 aromatic carbocycles. The lowest BCUT2D eigenvalue weighted by atomic mass is 9.95. The summed E-state index contributed by atoms with van der Waals surface area (Å²) in [5.41, 5.74) is 1.61. The van der Waals surface area contributed by atoms with Crippen LogP contribution in [0.5, 0.6) is 0 Å². The zero-order valence-electron chi connectivity index (χ0n) is 15.2. The first-order chi connectivity index (χ1) is 11.8. The third-order valence-electron chi connectivity index (χ3n) is 3.84. The number of aromatic nitrogens is 2. The highest BCUT2D eigenvalue weighted by Crippen LogP contribution is 2.13. The Morgan fingerprint density at radius 1 is 1.20 bits per heavy atom. The van der Waals surface area contributed by atoms with Crippen LogP contribution in [0.3, 0.4) is 0 Å². The Balaban J connectivity index is 1.78. The van der Waals surface area contributed by atoms with Crippen LogP contribution >= 0.6 is 0 Å². The molecule has 134 valence electrons. The summed E-state index contributed by atoms with van der Waals surface area (Å²) in [6.07, 6.45) is 4.36. The monoisotopic (exact) mass is 342 g/mol. The zero-order valence-corrected chi connectivity index (χ0v) is 15.2. The molecule has 0 fully saturated rings. The smallest absolute Gasteiger partial charge is 0.242 e. The Bertz CT molecular complexity index is 700. The Kier molecular flexibility index (Phi) is 5.96. The number of hydrogen-bond acceptors (Lipinski definition) is 3. The SMILES string of the molecule is CC(NC(=O)C(C)(C)C)C(=O)NCCc1ccc(-n2cccn2)cc1. The largest absolute Gasteiger partial charge is 0.354 e. The minimum Gasteiger partial charge on any atom is -0.354 e. The van der Waals surface area contributed by atoms with E-state index in [1.54, 1.807) is 17.8 Å². The van der Waals surface area contributed by atoms with Crippen LogP contribution in [0.1, 0.15) is 33.3 Å². The average Bonchev–Trinajstić information content (AvgIpc) is 3.09. The summed E-state index contributed by atoms with van der Waals surface area (Å²) in [4.78, 5) is 24.0. The van der Waals surface area contributed by atoms with Crippen molar-refractivity contribution in [2.24, 2.45) is 5.41 Å². The molecule has 0 saturated heterocycles. The number of hydrogen-bond donors (Lipinski definition) is 2. The van der Waals surface area contributed by atoms with Crippen molar-refractivity contribution in [1.29, 1.82) is 0 Å². The molecule has 6 nitrogen and oxygen atoms in total. The third kappa shape index (κ3) is 5.45. The van der Waals surface area contributed by atoms with Crippen molar-refractivity contribution in [2.45, 2.75) is 40.2 Å². The van der Waals surface area contributed by atoms with E-state index in [9.17, 15) is 9.59 Å². The van der Waals surface area contributed by atoms with Crippen molar-refractivity contribution in [2.75, 3.05) is 6.54 Å². The van der Waals surface area contributed by atoms with Gasteiger partial charge in [-0.15, -0.1) is 0 Å². The second kappa shape index (κ2) is 7.96. The molecule has 1 atom stereocenters. The number of benzene rings is 1. The van der Waals surface area contributed by atoms with Crippen molar-refractivity contribution >= 4 is 11.8 Å². The summed E-state index contributed by atoms with van der Waals surface area (Å²) in [7, 11) is 0. The first kappa shape index (κ1) is 18.7. The van der Waals surface area contributed by atoms with E-state index in [1.807, 2.05) is 57.3 Å². The van der Waals surface area contributed by atoms with Crippen LogP contribution in [0.15, 0.2) is 42.7 Å². The molecule has 0 aliphatic carbocycles. The number of amides is 2. The van der Waals surface area contributed by atoms with E-state index in [4.69, 9.17) is 0 Å². The van der Waals surface area contributed by atoms with Crippen LogP contribution in [0.4, 0.5) is 0 Å². The lowest BCUT2D eigenvalue weighted by Gasteiger charge is -2.21. The molecule has 2 amide bonds. The molecule has 0 radical (unpaired) electrons. The van der Waals surface area contributed by atoms with Crippen LogP contribution < -0.4 is 10.6 Å².